The molecule has 0 unspecified atom stereocenters. The Labute approximate surface area is 194 Å². The molecule has 0 spiro atoms. The van der Waals surface area contributed by atoms with Gasteiger partial charge in [-0.1, -0.05) is 77.9 Å². The Kier molecular flexibility index (Phi) is 5.36. The lowest BCUT2D eigenvalue weighted by atomic mass is 9.77. The molecule has 0 atom stereocenters. The zero-order chi connectivity index (χ0) is 24.1. The van der Waals surface area contributed by atoms with Crippen molar-refractivity contribution in [3.63, 3.8) is 0 Å². The van der Waals surface area contributed by atoms with Gasteiger partial charge in [0.05, 0.1) is 5.56 Å². The third-order valence-corrected chi connectivity index (χ3v) is 6.01. The molecule has 3 aromatic carbocycles. The molecular weight excluding hydrogens is 412 g/mol. The minimum absolute atomic E-state index is 0.184. The van der Waals surface area contributed by atoms with E-state index in [0.717, 1.165) is 27.6 Å². The van der Waals surface area contributed by atoms with E-state index in [2.05, 4.69) is 41.5 Å². The van der Waals surface area contributed by atoms with E-state index in [4.69, 9.17) is 4.42 Å². The molecule has 0 aliphatic carbocycles. The normalized spacial score (nSPS) is 12.3. The molecule has 1 aromatic heterocycles. The van der Waals surface area contributed by atoms with Gasteiger partial charge in [0.25, 0.3) is 0 Å². The highest BCUT2D eigenvalue weighted by atomic mass is 16.4. The standard InChI is InChI=1S/C29H30O4/c1-28(2,3)21-15-17(16-22(25(21)30)29(4,5)6)24-20-13-9-10-14-23(20)33-26(24)18-11-7-8-12-19(18)27(31)32/h7-16,30H,1-6H3,(H,31,32). The number of hydrogen-bond acceptors (Lipinski definition) is 3. The summed E-state index contributed by atoms with van der Waals surface area (Å²) in [6, 6.07) is 18.6. The molecule has 4 aromatic rings. The molecule has 4 nitrogen and oxygen atoms in total. The highest BCUT2D eigenvalue weighted by Gasteiger charge is 2.29. The summed E-state index contributed by atoms with van der Waals surface area (Å²) in [5.74, 6) is -0.188. The summed E-state index contributed by atoms with van der Waals surface area (Å²) in [4.78, 5) is 12.0. The van der Waals surface area contributed by atoms with Gasteiger partial charge < -0.3 is 14.6 Å². The lowest BCUT2D eigenvalue weighted by Gasteiger charge is -2.28. The van der Waals surface area contributed by atoms with Gasteiger partial charge in [0.2, 0.25) is 0 Å². The van der Waals surface area contributed by atoms with Gasteiger partial charge in [-0.2, -0.15) is 0 Å². The summed E-state index contributed by atoms with van der Waals surface area (Å²) in [7, 11) is 0. The van der Waals surface area contributed by atoms with E-state index in [9.17, 15) is 15.0 Å². The molecule has 0 saturated carbocycles. The van der Waals surface area contributed by atoms with Crippen LogP contribution in [0.5, 0.6) is 5.75 Å². The minimum Gasteiger partial charge on any atom is -0.507 e. The van der Waals surface area contributed by atoms with E-state index < -0.39 is 5.97 Å². The minimum atomic E-state index is -1.01. The van der Waals surface area contributed by atoms with Crippen LogP contribution in [0.3, 0.4) is 0 Å². The third kappa shape index (κ3) is 4.02. The van der Waals surface area contributed by atoms with Crippen molar-refractivity contribution in [3.05, 3.63) is 77.4 Å². The number of phenols is 1. The van der Waals surface area contributed by atoms with E-state index in [0.29, 0.717) is 22.7 Å². The van der Waals surface area contributed by atoms with Gasteiger partial charge in [0.1, 0.15) is 17.1 Å². The fourth-order valence-corrected chi connectivity index (χ4v) is 4.31. The molecule has 0 fully saturated rings. The first-order valence-corrected chi connectivity index (χ1v) is 11.1. The molecular formula is C29H30O4. The maximum Gasteiger partial charge on any atom is 0.336 e. The van der Waals surface area contributed by atoms with Crippen molar-refractivity contribution >= 4 is 16.9 Å². The van der Waals surface area contributed by atoms with Gasteiger partial charge >= 0.3 is 5.97 Å². The lowest BCUT2D eigenvalue weighted by molar-refractivity contribution is 0.0697. The van der Waals surface area contributed by atoms with Crippen LogP contribution in [-0.4, -0.2) is 16.2 Å². The second-order valence-electron chi connectivity index (χ2n) is 10.6. The second-order valence-corrected chi connectivity index (χ2v) is 10.6. The van der Waals surface area contributed by atoms with Crippen LogP contribution >= 0.6 is 0 Å². The Morgan fingerprint density at radius 1 is 0.818 bits per heavy atom. The first kappa shape index (κ1) is 22.7. The number of carbonyl (C=O) groups is 1. The van der Waals surface area contributed by atoms with Crippen molar-refractivity contribution in [2.45, 2.75) is 52.4 Å². The highest BCUT2D eigenvalue weighted by Crippen LogP contribution is 2.47. The predicted molar refractivity (Wildman–Crippen MR) is 133 cm³/mol. The molecule has 0 bridgehead atoms. The second kappa shape index (κ2) is 7.80. The van der Waals surface area contributed by atoms with Gasteiger partial charge in [-0.3, -0.25) is 0 Å². The Bertz CT molecular complexity index is 1330. The molecule has 170 valence electrons. The molecule has 1 heterocycles. The van der Waals surface area contributed by atoms with Crippen LogP contribution in [0, 0.1) is 0 Å². The molecule has 4 heteroatoms. The Morgan fingerprint density at radius 3 is 1.94 bits per heavy atom. The average molecular weight is 443 g/mol. The van der Waals surface area contributed by atoms with E-state index in [1.165, 1.54) is 0 Å². The molecule has 2 N–H and O–H groups in total. The topological polar surface area (TPSA) is 70.7 Å². The monoisotopic (exact) mass is 442 g/mol. The smallest absolute Gasteiger partial charge is 0.336 e. The van der Waals surface area contributed by atoms with Crippen LogP contribution in [0.4, 0.5) is 0 Å². The van der Waals surface area contributed by atoms with Crippen molar-refractivity contribution in [2.24, 2.45) is 0 Å². The maximum absolute atomic E-state index is 12.0. The van der Waals surface area contributed by atoms with Gasteiger partial charge in [0.15, 0.2) is 0 Å². The van der Waals surface area contributed by atoms with E-state index >= 15 is 0 Å². The SMILES string of the molecule is CC(C)(C)c1cc(-c2c(-c3ccccc3C(=O)O)oc3ccccc23)cc(C(C)(C)C)c1O. The Balaban J connectivity index is 2.14. The zero-order valence-corrected chi connectivity index (χ0v) is 20.0. The fraction of sp³-hybridized carbons (Fsp3) is 0.276. The van der Waals surface area contributed by atoms with Crippen molar-refractivity contribution in [1.82, 2.24) is 0 Å². The summed E-state index contributed by atoms with van der Waals surface area (Å²) in [5, 5.41) is 21.9. The van der Waals surface area contributed by atoms with Crippen LogP contribution in [0.15, 0.2) is 65.1 Å². The number of phenolic OH excluding ortho intramolecular Hbond substituents is 1. The number of furan rings is 1. The molecule has 0 saturated heterocycles. The number of carboxylic acid groups (broad SMARTS) is 1. The number of para-hydroxylation sites is 1. The maximum atomic E-state index is 12.0. The number of aromatic carboxylic acids is 1. The third-order valence-electron chi connectivity index (χ3n) is 6.01. The van der Waals surface area contributed by atoms with Gasteiger partial charge in [-0.15, -0.1) is 0 Å². The molecule has 4 rings (SSSR count). The lowest BCUT2D eigenvalue weighted by Crippen LogP contribution is -2.17. The summed E-state index contributed by atoms with van der Waals surface area (Å²) in [6.07, 6.45) is 0. The largest absolute Gasteiger partial charge is 0.507 e. The molecule has 0 amide bonds. The van der Waals surface area contributed by atoms with Crippen molar-refractivity contribution in [1.29, 1.82) is 0 Å². The van der Waals surface area contributed by atoms with E-state index in [-0.39, 0.29) is 16.4 Å². The van der Waals surface area contributed by atoms with Crippen LogP contribution in [0.25, 0.3) is 33.4 Å². The van der Waals surface area contributed by atoms with Crippen LogP contribution in [0.2, 0.25) is 0 Å². The van der Waals surface area contributed by atoms with Crippen molar-refractivity contribution in [3.8, 4) is 28.2 Å². The van der Waals surface area contributed by atoms with Gasteiger partial charge in [0, 0.05) is 27.6 Å². The average Bonchev–Trinajstić information content (AvgIpc) is 3.11. The fourth-order valence-electron chi connectivity index (χ4n) is 4.31. The summed E-state index contributed by atoms with van der Waals surface area (Å²) < 4.78 is 6.29. The predicted octanol–water partition coefficient (Wildman–Crippen LogP) is 7.77. The zero-order valence-electron chi connectivity index (χ0n) is 20.0. The number of hydrogen-bond donors (Lipinski definition) is 2. The Hall–Kier alpha value is -3.53. The molecule has 0 aliphatic heterocycles. The Morgan fingerprint density at radius 2 is 1.36 bits per heavy atom. The first-order chi connectivity index (χ1) is 15.4. The molecule has 33 heavy (non-hydrogen) atoms. The van der Waals surface area contributed by atoms with Crippen molar-refractivity contribution < 1.29 is 19.4 Å². The van der Waals surface area contributed by atoms with E-state index in [1.54, 1.807) is 18.2 Å². The van der Waals surface area contributed by atoms with Gasteiger partial charge in [-0.25, -0.2) is 4.79 Å². The van der Waals surface area contributed by atoms with Crippen molar-refractivity contribution in [2.75, 3.05) is 0 Å². The van der Waals surface area contributed by atoms with Crippen LogP contribution < -0.4 is 0 Å². The van der Waals surface area contributed by atoms with Gasteiger partial charge in [-0.05, 0) is 40.7 Å². The number of fused-ring (bicyclic) bond motifs is 1. The summed E-state index contributed by atoms with van der Waals surface area (Å²) in [6.45, 7) is 12.5. The van der Waals surface area contributed by atoms with E-state index in [1.807, 2.05) is 42.5 Å². The number of aromatic hydroxyl groups is 1. The first-order valence-electron chi connectivity index (χ1n) is 11.1. The number of carboxylic acids is 1. The quantitative estimate of drug-likeness (QED) is 0.340. The summed E-state index contributed by atoms with van der Waals surface area (Å²) >= 11 is 0. The number of benzene rings is 3. The van der Waals surface area contributed by atoms with Crippen LogP contribution in [-0.2, 0) is 10.8 Å². The highest BCUT2D eigenvalue weighted by molar-refractivity contribution is 6.05. The number of rotatable bonds is 3. The summed E-state index contributed by atoms with van der Waals surface area (Å²) in [5.41, 5.74) is 4.21. The molecule has 0 radical (unpaired) electrons. The van der Waals surface area contributed by atoms with Crippen LogP contribution in [0.1, 0.15) is 63.0 Å². The molecule has 0 aliphatic rings.